The van der Waals surface area contributed by atoms with Crippen molar-refractivity contribution in [3.05, 3.63) is 71.8 Å². The number of nitrogens with zero attached hydrogens (tertiary/aromatic N) is 1. The second kappa shape index (κ2) is 9.46. The Morgan fingerprint density at radius 1 is 1.07 bits per heavy atom. The average molecular weight is 397 g/mol. The largest absolute Gasteiger partial charge is 0.452 e. The zero-order valence-electron chi connectivity index (χ0n) is 15.8. The van der Waals surface area contributed by atoms with E-state index in [9.17, 15) is 13.8 Å². The molecule has 2 aromatic carbocycles. The number of hydrogen-bond donors (Lipinski definition) is 0. The zero-order valence-corrected chi connectivity index (χ0v) is 16.6. The van der Waals surface area contributed by atoms with E-state index in [1.54, 1.807) is 36.1 Å². The Morgan fingerprint density at radius 3 is 2.46 bits per heavy atom. The van der Waals surface area contributed by atoms with Gasteiger partial charge in [-0.3, -0.25) is 9.00 Å². The van der Waals surface area contributed by atoms with Crippen LogP contribution in [-0.4, -0.2) is 46.4 Å². The van der Waals surface area contributed by atoms with Crippen molar-refractivity contribution in [2.75, 3.05) is 25.4 Å². The Bertz CT molecular complexity index is 908. The van der Waals surface area contributed by atoms with E-state index in [0.717, 1.165) is 6.42 Å². The Hall–Kier alpha value is -2.73. The zero-order chi connectivity index (χ0) is 19.9. The summed E-state index contributed by atoms with van der Waals surface area (Å²) in [6, 6.07) is 16.7. The van der Waals surface area contributed by atoms with E-state index in [1.807, 2.05) is 24.3 Å². The van der Waals surface area contributed by atoms with Gasteiger partial charge in [0.2, 0.25) is 0 Å². The van der Waals surface area contributed by atoms with Gasteiger partial charge in [-0.05, 0) is 29.7 Å². The van der Waals surface area contributed by atoms with Gasteiger partial charge >= 0.3 is 5.97 Å². The Labute approximate surface area is 167 Å². The number of hydrogen-bond acceptors (Lipinski definition) is 4. The monoisotopic (exact) mass is 397 g/mol. The molecule has 0 bridgehead atoms. The molecule has 146 valence electrons. The molecule has 1 amide bonds. The molecule has 28 heavy (non-hydrogen) atoms. The normalized spacial score (nSPS) is 14.9. The predicted octanol–water partition coefficient (Wildman–Crippen LogP) is 3.29. The number of esters is 1. The molecule has 1 heterocycles. The first-order chi connectivity index (χ1) is 13.6. The van der Waals surface area contributed by atoms with Gasteiger partial charge in [-0.1, -0.05) is 55.5 Å². The van der Waals surface area contributed by atoms with E-state index < -0.39 is 16.8 Å². The average Bonchev–Trinajstić information content (AvgIpc) is 2.77. The number of benzene rings is 2. The molecule has 0 spiro atoms. The lowest BCUT2D eigenvalue weighted by Crippen LogP contribution is -2.37. The SMILES string of the molecule is CC[S@](=O)c1ccccc1C(=O)OCC(=O)N1CC=C(c2ccccc2)CC1. The van der Waals surface area contributed by atoms with Crippen LogP contribution in [0.5, 0.6) is 0 Å². The summed E-state index contributed by atoms with van der Waals surface area (Å²) < 4.78 is 17.3. The lowest BCUT2D eigenvalue weighted by atomic mass is 10.00. The molecule has 0 aliphatic carbocycles. The molecule has 5 nitrogen and oxygen atoms in total. The first-order valence-corrected chi connectivity index (χ1v) is 10.6. The summed E-state index contributed by atoms with van der Waals surface area (Å²) in [5.41, 5.74) is 2.64. The van der Waals surface area contributed by atoms with Crippen LogP contribution in [0, 0.1) is 0 Å². The lowest BCUT2D eigenvalue weighted by molar-refractivity contribution is -0.134. The molecule has 1 aliphatic heterocycles. The molecule has 2 aromatic rings. The van der Waals surface area contributed by atoms with Crippen molar-refractivity contribution < 1.29 is 18.5 Å². The summed E-state index contributed by atoms with van der Waals surface area (Å²) in [5, 5.41) is 0. The second-order valence-corrected chi connectivity index (χ2v) is 8.10. The maximum Gasteiger partial charge on any atom is 0.339 e. The molecule has 0 aromatic heterocycles. The fraction of sp³-hybridized carbons (Fsp3) is 0.273. The maximum absolute atomic E-state index is 12.4. The van der Waals surface area contributed by atoms with Crippen LogP contribution < -0.4 is 0 Å². The van der Waals surface area contributed by atoms with Gasteiger partial charge in [0, 0.05) is 18.8 Å². The molecular weight excluding hydrogens is 374 g/mol. The summed E-state index contributed by atoms with van der Waals surface area (Å²) >= 11 is 0. The summed E-state index contributed by atoms with van der Waals surface area (Å²) in [6.45, 7) is 2.56. The lowest BCUT2D eigenvalue weighted by Gasteiger charge is -2.26. The molecule has 0 saturated heterocycles. The van der Waals surface area contributed by atoms with Crippen LogP contribution in [0.25, 0.3) is 5.57 Å². The molecule has 6 heteroatoms. The first-order valence-electron chi connectivity index (χ1n) is 9.27. The van der Waals surface area contributed by atoms with Gasteiger partial charge in [0.15, 0.2) is 6.61 Å². The molecule has 0 radical (unpaired) electrons. The standard InChI is InChI=1S/C22H23NO4S/c1-2-28(26)20-11-7-6-10-19(20)22(25)27-16-21(24)23-14-12-18(13-15-23)17-8-4-3-5-9-17/h3-12H,2,13-16H2,1H3/t28-/m0/s1. The molecule has 3 rings (SSSR count). The van der Waals surface area contributed by atoms with Crippen molar-refractivity contribution in [3.63, 3.8) is 0 Å². The maximum atomic E-state index is 12.4. The fourth-order valence-corrected chi connectivity index (χ4v) is 4.03. The second-order valence-electron chi connectivity index (χ2n) is 6.39. The first kappa shape index (κ1) is 20.0. The van der Waals surface area contributed by atoms with Crippen molar-refractivity contribution >= 4 is 28.2 Å². The van der Waals surface area contributed by atoms with Gasteiger partial charge in [-0.25, -0.2) is 4.79 Å². The van der Waals surface area contributed by atoms with Gasteiger partial charge in [0.1, 0.15) is 0 Å². The Morgan fingerprint density at radius 2 is 1.79 bits per heavy atom. The molecule has 1 atom stereocenters. The molecule has 0 fully saturated rings. The highest BCUT2D eigenvalue weighted by Gasteiger charge is 2.21. The smallest absolute Gasteiger partial charge is 0.339 e. The summed E-state index contributed by atoms with van der Waals surface area (Å²) in [5.74, 6) is -0.443. The van der Waals surface area contributed by atoms with Crippen LogP contribution >= 0.6 is 0 Å². The topological polar surface area (TPSA) is 63.7 Å². The number of amides is 1. The van der Waals surface area contributed by atoms with E-state index in [-0.39, 0.29) is 18.1 Å². The summed E-state index contributed by atoms with van der Waals surface area (Å²) in [4.78, 5) is 26.9. The van der Waals surface area contributed by atoms with Crippen LogP contribution in [0.15, 0.2) is 65.6 Å². The van der Waals surface area contributed by atoms with Crippen LogP contribution in [0.1, 0.15) is 29.3 Å². The van der Waals surface area contributed by atoms with E-state index in [2.05, 4.69) is 12.1 Å². The van der Waals surface area contributed by atoms with Crippen molar-refractivity contribution in [3.8, 4) is 0 Å². The fourth-order valence-electron chi connectivity index (χ4n) is 3.10. The van der Waals surface area contributed by atoms with Gasteiger partial charge in [-0.15, -0.1) is 0 Å². The van der Waals surface area contributed by atoms with Crippen molar-refractivity contribution in [1.82, 2.24) is 4.90 Å². The van der Waals surface area contributed by atoms with E-state index in [4.69, 9.17) is 4.74 Å². The van der Waals surface area contributed by atoms with E-state index >= 15 is 0 Å². The number of carbonyl (C=O) groups is 2. The number of rotatable bonds is 6. The Kier molecular flexibility index (Phi) is 6.76. The van der Waals surface area contributed by atoms with Crippen LogP contribution in [0.3, 0.4) is 0 Å². The van der Waals surface area contributed by atoms with Crippen molar-refractivity contribution in [2.45, 2.75) is 18.2 Å². The molecule has 0 saturated carbocycles. The van der Waals surface area contributed by atoms with Gasteiger partial charge in [0.05, 0.1) is 21.3 Å². The highest BCUT2D eigenvalue weighted by Crippen LogP contribution is 2.22. The molecule has 0 N–H and O–H groups in total. The third-order valence-electron chi connectivity index (χ3n) is 4.65. The van der Waals surface area contributed by atoms with Crippen molar-refractivity contribution in [1.29, 1.82) is 0 Å². The number of carbonyl (C=O) groups excluding carboxylic acids is 2. The third-order valence-corrected chi connectivity index (χ3v) is 6.02. The van der Waals surface area contributed by atoms with Crippen LogP contribution in [0.4, 0.5) is 0 Å². The van der Waals surface area contributed by atoms with Crippen LogP contribution in [-0.2, 0) is 20.3 Å². The minimum atomic E-state index is -1.27. The van der Waals surface area contributed by atoms with Gasteiger partial charge in [-0.2, -0.15) is 0 Å². The van der Waals surface area contributed by atoms with Crippen molar-refractivity contribution in [2.24, 2.45) is 0 Å². The minimum absolute atomic E-state index is 0.231. The highest BCUT2D eigenvalue weighted by molar-refractivity contribution is 7.85. The number of ether oxygens (including phenoxy) is 1. The summed E-state index contributed by atoms with van der Waals surface area (Å²) in [6.07, 6.45) is 2.81. The third kappa shape index (κ3) is 4.75. The summed E-state index contributed by atoms with van der Waals surface area (Å²) in [7, 11) is -1.27. The molecule has 0 unspecified atom stereocenters. The van der Waals surface area contributed by atoms with E-state index in [0.29, 0.717) is 23.7 Å². The van der Waals surface area contributed by atoms with Gasteiger partial charge in [0.25, 0.3) is 5.91 Å². The Balaban J connectivity index is 1.57. The van der Waals surface area contributed by atoms with E-state index in [1.165, 1.54) is 11.1 Å². The molecular formula is C22H23NO4S. The predicted molar refractivity (Wildman–Crippen MR) is 109 cm³/mol. The highest BCUT2D eigenvalue weighted by atomic mass is 32.2. The van der Waals surface area contributed by atoms with Crippen LogP contribution in [0.2, 0.25) is 0 Å². The quantitative estimate of drug-likeness (QED) is 0.702. The van der Waals surface area contributed by atoms with Gasteiger partial charge < -0.3 is 9.64 Å². The molecule has 1 aliphatic rings. The minimum Gasteiger partial charge on any atom is -0.452 e.